The van der Waals surface area contributed by atoms with Crippen LogP contribution in [-0.4, -0.2) is 47.3 Å². The molecule has 1 aromatic heterocycles. The van der Waals surface area contributed by atoms with E-state index in [1.54, 1.807) is 18.7 Å². The zero-order valence-electron chi connectivity index (χ0n) is 12.2. The molecule has 7 heteroatoms. The van der Waals surface area contributed by atoms with E-state index >= 15 is 0 Å². The van der Waals surface area contributed by atoms with Crippen molar-refractivity contribution in [3.8, 4) is 0 Å². The standard InChI is InChI=1S/C12H23N3O3S/c1-6-10-12(11(7-2)15(5)13-10)19(17,18)14(4)8-9(3)16/h9,16H,6-8H2,1-5H3/t9-/m0/s1. The van der Waals surface area contributed by atoms with Gasteiger partial charge < -0.3 is 5.11 Å². The third-order valence-corrected chi connectivity index (χ3v) is 5.00. The molecule has 110 valence electrons. The Bertz CT molecular complexity index is 535. The molecule has 6 nitrogen and oxygen atoms in total. The van der Waals surface area contributed by atoms with Crippen LogP contribution < -0.4 is 0 Å². The van der Waals surface area contributed by atoms with Gasteiger partial charge in [0, 0.05) is 20.6 Å². The van der Waals surface area contributed by atoms with Gasteiger partial charge in [0.25, 0.3) is 0 Å². The van der Waals surface area contributed by atoms with E-state index in [1.807, 2.05) is 13.8 Å². The molecule has 19 heavy (non-hydrogen) atoms. The second kappa shape index (κ2) is 6.02. The zero-order valence-corrected chi connectivity index (χ0v) is 13.0. The first kappa shape index (κ1) is 16.1. The van der Waals surface area contributed by atoms with E-state index in [2.05, 4.69) is 5.10 Å². The molecular formula is C12H23N3O3S. The molecule has 1 N–H and O–H groups in total. The van der Waals surface area contributed by atoms with Gasteiger partial charge in [-0.05, 0) is 19.8 Å². The van der Waals surface area contributed by atoms with Gasteiger partial charge in [-0.3, -0.25) is 4.68 Å². The molecule has 0 fully saturated rings. The summed E-state index contributed by atoms with van der Waals surface area (Å²) in [7, 11) is -0.373. The Morgan fingerprint density at radius 2 is 1.95 bits per heavy atom. The maximum absolute atomic E-state index is 12.6. The highest BCUT2D eigenvalue weighted by molar-refractivity contribution is 7.89. The number of hydrogen-bond donors (Lipinski definition) is 1. The number of aryl methyl sites for hydroxylation is 2. The smallest absolute Gasteiger partial charge is 0.246 e. The first-order valence-corrected chi connectivity index (χ1v) is 7.88. The van der Waals surface area contributed by atoms with Crippen molar-refractivity contribution in [1.29, 1.82) is 0 Å². The maximum Gasteiger partial charge on any atom is 0.246 e. The van der Waals surface area contributed by atoms with Crippen molar-refractivity contribution in [2.45, 2.75) is 44.6 Å². The lowest BCUT2D eigenvalue weighted by Crippen LogP contribution is -2.34. The fraction of sp³-hybridized carbons (Fsp3) is 0.750. The van der Waals surface area contributed by atoms with E-state index in [1.165, 1.54) is 11.4 Å². The number of likely N-dealkylation sites (N-methyl/N-ethyl adjacent to an activating group) is 1. The van der Waals surface area contributed by atoms with E-state index < -0.39 is 16.1 Å². The normalized spacial score (nSPS) is 14.1. The highest BCUT2D eigenvalue weighted by atomic mass is 32.2. The molecule has 0 spiro atoms. The quantitative estimate of drug-likeness (QED) is 0.829. The molecule has 0 aliphatic heterocycles. The zero-order chi connectivity index (χ0) is 14.8. The molecule has 0 radical (unpaired) electrons. The SMILES string of the molecule is CCc1nn(C)c(CC)c1S(=O)(=O)N(C)C[C@H](C)O. The molecule has 0 saturated carbocycles. The van der Waals surface area contributed by atoms with Crippen LogP contribution in [0.15, 0.2) is 4.90 Å². The Hall–Kier alpha value is -0.920. The van der Waals surface area contributed by atoms with Crippen molar-refractivity contribution >= 4 is 10.0 Å². The summed E-state index contributed by atoms with van der Waals surface area (Å²) in [5, 5.41) is 13.6. The summed E-state index contributed by atoms with van der Waals surface area (Å²) in [6.07, 6.45) is 0.456. The molecule has 1 atom stereocenters. The Morgan fingerprint density at radius 1 is 1.37 bits per heavy atom. The lowest BCUT2D eigenvalue weighted by molar-refractivity contribution is 0.171. The monoisotopic (exact) mass is 289 g/mol. The summed E-state index contributed by atoms with van der Waals surface area (Å²) in [5.74, 6) is 0. The van der Waals surface area contributed by atoms with E-state index in [0.717, 1.165) is 0 Å². The molecule has 0 aliphatic rings. The summed E-state index contributed by atoms with van der Waals surface area (Å²) in [6.45, 7) is 5.43. The minimum Gasteiger partial charge on any atom is -0.392 e. The Kier molecular flexibility index (Phi) is 5.11. The lowest BCUT2D eigenvalue weighted by atomic mass is 10.2. The minimum absolute atomic E-state index is 0.0730. The van der Waals surface area contributed by atoms with E-state index in [-0.39, 0.29) is 6.54 Å². The highest BCUT2D eigenvalue weighted by Crippen LogP contribution is 2.24. The summed E-state index contributed by atoms with van der Waals surface area (Å²) >= 11 is 0. The summed E-state index contributed by atoms with van der Waals surface area (Å²) in [6, 6.07) is 0. The summed E-state index contributed by atoms with van der Waals surface area (Å²) < 4.78 is 28.0. The Balaban J connectivity index is 3.35. The Labute approximate surface area is 115 Å². The van der Waals surface area contributed by atoms with Gasteiger partial charge in [-0.25, -0.2) is 8.42 Å². The average Bonchev–Trinajstić information content (AvgIpc) is 2.64. The van der Waals surface area contributed by atoms with Crippen LogP contribution in [0.4, 0.5) is 0 Å². The van der Waals surface area contributed by atoms with Crippen LogP contribution in [0.3, 0.4) is 0 Å². The van der Waals surface area contributed by atoms with Crippen molar-refractivity contribution in [2.75, 3.05) is 13.6 Å². The van der Waals surface area contributed by atoms with Crippen molar-refractivity contribution in [2.24, 2.45) is 7.05 Å². The van der Waals surface area contributed by atoms with Gasteiger partial charge in [-0.15, -0.1) is 0 Å². The molecule has 1 heterocycles. The molecule has 0 bridgehead atoms. The first-order valence-electron chi connectivity index (χ1n) is 6.44. The number of rotatable bonds is 6. The number of sulfonamides is 1. The number of hydrogen-bond acceptors (Lipinski definition) is 4. The van der Waals surface area contributed by atoms with Gasteiger partial charge in [0.05, 0.1) is 17.5 Å². The van der Waals surface area contributed by atoms with Crippen LogP contribution >= 0.6 is 0 Å². The van der Waals surface area contributed by atoms with Gasteiger partial charge in [0.15, 0.2) is 0 Å². The largest absolute Gasteiger partial charge is 0.392 e. The van der Waals surface area contributed by atoms with Gasteiger partial charge in [-0.2, -0.15) is 9.40 Å². The first-order chi connectivity index (χ1) is 8.75. The van der Waals surface area contributed by atoms with Crippen LogP contribution in [0.2, 0.25) is 0 Å². The van der Waals surface area contributed by atoms with E-state index in [9.17, 15) is 13.5 Å². The predicted octanol–water partition coefficient (Wildman–Crippen LogP) is 0.546. The van der Waals surface area contributed by atoms with Crippen LogP contribution in [0.25, 0.3) is 0 Å². The van der Waals surface area contributed by atoms with Crippen molar-refractivity contribution in [3.05, 3.63) is 11.4 Å². The second-order valence-corrected chi connectivity index (χ2v) is 6.67. The molecular weight excluding hydrogens is 266 g/mol. The van der Waals surface area contributed by atoms with Gasteiger partial charge >= 0.3 is 0 Å². The molecule has 0 aromatic carbocycles. The average molecular weight is 289 g/mol. The number of aromatic nitrogens is 2. The number of aliphatic hydroxyl groups excluding tert-OH is 1. The van der Waals surface area contributed by atoms with Crippen LogP contribution in [0.1, 0.15) is 32.2 Å². The van der Waals surface area contributed by atoms with Crippen LogP contribution in [0, 0.1) is 0 Å². The minimum atomic E-state index is -3.61. The predicted molar refractivity (Wildman–Crippen MR) is 73.5 cm³/mol. The fourth-order valence-electron chi connectivity index (χ4n) is 2.14. The topological polar surface area (TPSA) is 75.4 Å². The van der Waals surface area contributed by atoms with Crippen LogP contribution in [0.5, 0.6) is 0 Å². The number of aliphatic hydroxyl groups is 1. The van der Waals surface area contributed by atoms with Gasteiger partial charge in [0.1, 0.15) is 4.90 Å². The number of nitrogens with zero attached hydrogens (tertiary/aromatic N) is 3. The maximum atomic E-state index is 12.6. The lowest BCUT2D eigenvalue weighted by Gasteiger charge is -2.19. The second-order valence-electron chi connectivity index (χ2n) is 4.69. The fourth-order valence-corrected chi connectivity index (χ4v) is 3.93. The molecule has 0 amide bonds. The molecule has 0 unspecified atom stereocenters. The van der Waals surface area contributed by atoms with Gasteiger partial charge in [-0.1, -0.05) is 13.8 Å². The summed E-state index contributed by atoms with van der Waals surface area (Å²) in [5.41, 5.74) is 1.28. The highest BCUT2D eigenvalue weighted by Gasteiger charge is 2.30. The van der Waals surface area contributed by atoms with Crippen molar-refractivity contribution in [3.63, 3.8) is 0 Å². The molecule has 1 rings (SSSR count). The van der Waals surface area contributed by atoms with Gasteiger partial charge in [0.2, 0.25) is 10.0 Å². The molecule has 1 aromatic rings. The van der Waals surface area contributed by atoms with Crippen molar-refractivity contribution in [1.82, 2.24) is 14.1 Å². The Morgan fingerprint density at radius 3 is 2.37 bits per heavy atom. The van der Waals surface area contributed by atoms with Crippen molar-refractivity contribution < 1.29 is 13.5 Å². The van der Waals surface area contributed by atoms with E-state index in [4.69, 9.17) is 0 Å². The van der Waals surface area contributed by atoms with E-state index in [0.29, 0.717) is 29.1 Å². The molecule has 0 saturated heterocycles. The third-order valence-electron chi connectivity index (χ3n) is 3.04. The van der Waals surface area contributed by atoms with Crippen LogP contribution in [-0.2, 0) is 29.9 Å². The molecule has 0 aliphatic carbocycles. The summed E-state index contributed by atoms with van der Waals surface area (Å²) in [4.78, 5) is 0.295. The third kappa shape index (κ3) is 3.16.